The standard InChI is InChI=1S/C58H36NOP/c60-61(40-20-2-1-3-21-40)54-31-13-11-25-44(54)51-35-34-50-43-24-10-12-30-53(43)59(57(50)58(51)61)39-32-33-49-52(36-39)56(46-29-15-19-38-17-5-7-23-42(38)46)48-27-9-8-26-47(48)55(49)45-28-14-18-37-16-4-6-22-41(37)45/h1-36H. The Morgan fingerprint density at radius 1 is 0.344 bits per heavy atom. The molecule has 1 atom stereocenters. The first-order chi connectivity index (χ1) is 30.2. The highest BCUT2D eigenvalue weighted by atomic mass is 31.2. The summed E-state index contributed by atoms with van der Waals surface area (Å²) in [6.45, 7) is 0. The van der Waals surface area contributed by atoms with Crippen LogP contribution in [0.2, 0.25) is 0 Å². The zero-order valence-electron chi connectivity index (χ0n) is 33.1. The third-order valence-corrected chi connectivity index (χ3v) is 16.3. The van der Waals surface area contributed by atoms with E-state index in [1.54, 1.807) is 0 Å². The Hall–Kier alpha value is -7.51. The van der Waals surface area contributed by atoms with Gasteiger partial charge in [-0.15, -0.1) is 0 Å². The van der Waals surface area contributed by atoms with Gasteiger partial charge in [-0.25, -0.2) is 0 Å². The van der Waals surface area contributed by atoms with Crippen molar-refractivity contribution in [3.8, 4) is 39.1 Å². The molecule has 61 heavy (non-hydrogen) atoms. The summed E-state index contributed by atoms with van der Waals surface area (Å²) in [5.74, 6) is 0. The monoisotopic (exact) mass is 793 g/mol. The van der Waals surface area contributed by atoms with Crippen molar-refractivity contribution in [1.29, 1.82) is 0 Å². The molecule has 1 aliphatic rings. The summed E-state index contributed by atoms with van der Waals surface area (Å²) in [5.41, 5.74) is 10.1. The van der Waals surface area contributed by atoms with Crippen LogP contribution in [0, 0.1) is 0 Å². The molecule has 284 valence electrons. The van der Waals surface area contributed by atoms with Gasteiger partial charge in [-0.2, -0.15) is 0 Å². The quantitative estimate of drug-likeness (QED) is 0.128. The molecule has 0 aliphatic carbocycles. The van der Waals surface area contributed by atoms with Crippen molar-refractivity contribution in [3.63, 3.8) is 0 Å². The number of nitrogens with zero attached hydrogens (tertiary/aromatic N) is 1. The smallest absolute Gasteiger partial charge is 0.174 e. The van der Waals surface area contributed by atoms with E-state index in [1.807, 2.05) is 36.4 Å². The largest absolute Gasteiger partial charge is 0.309 e. The summed E-state index contributed by atoms with van der Waals surface area (Å²) in [7, 11) is -3.31. The molecule has 3 heteroatoms. The fraction of sp³-hybridized carbons (Fsp3) is 0. The van der Waals surface area contributed by atoms with Gasteiger partial charge in [-0.1, -0.05) is 200 Å². The minimum absolute atomic E-state index is 0.855. The Balaban J connectivity index is 1.21. The summed E-state index contributed by atoms with van der Waals surface area (Å²) in [5, 5.41) is 14.6. The van der Waals surface area contributed by atoms with Gasteiger partial charge in [-0.3, -0.25) is 0 Å². The van der Waals surface area contributed by atoms with Crippen molar-refractivity contribution in [3.05, 3.63) is 218 Å². The Morgan fingerprint density at radius 3 is 1.56 bits per heavy atom. The average molecular weight is 794 g/mol. The molecule has 11 aromatic carbocycles. The lowest BCUT2D eigenvalue weighted by Gasteiger charge is -2.21. The lowest BCUT2D eigenvalue weighted by molar-refractivity contribution is 0.593. The van der Waals surface area contributed by atoms with Crippen LogP contribution in [0.25, 0.3) is 104 Å². The summed E-state index contributed by atoms with van der Waals surface area (Å²) in [4.78, 5) is 0. The lowest BCUT2D eigenvalue weighted by Crippen LogP contribution is -2.22. The number of hydrogen-bond donors (Lipinski definition) is 0. The van der Waals surface area contributed by atoms with Gasteiger partial charge in [0.05, 0.1) is 16.3 Å². The Morgan fingerprint density at radius 2 is 0.852 bits per heavy atom. The average Bonchev–Trinajstić information content (AvgIpc) is 3.80. The van der Waals surface area contributed by atoms with Crippen LogP contribution in [-0.4, -0.2) is 4.57 Å². The summed E-state index contributed by atoms with van der Waals surface area (Å²) in [6.07, 6.45) is 0. The van der Waals surface area contributed by atoms with Gasteiger partial charge in [-0.05, 0) is 94.7 Å². The highest BCUT2D eigenvalue weighted by molar-refractivity contribution is 7.86. The van der Waals surface area contributed by atoms with E-state index in [4.69, 9.17) is 0 Å². The second-order valence-electron chi connectivity index (χ2n) is 16.3. The normalized spacial score (nSPS) is 14.7. The van der Waals surface area contributed by atoms with E-state index in [2.05, 4.69) is 187 Å². The van der Waals surface area contributed by atoms with Crippen LogP contribution >= 0.6 is 7.14 Å². The van der Waals surface area contributed by atoms with Gasteiger partial charge >= 0.3 is 0 Å². The van der Waals surface area contributed by atoms with Crippen molar-refractivity contribution in [2.24, 2.45) is 0 Å². The lowest BCUT2D eigenvalue weighted by atomic mass is 9.83. The first kappa shape index (κ1) is 34.4. The van der Waals surface area contributed by atoms with Gasteiger partial charge in [0.2, 0.25) is 0 Å². The fourth-order valence-electron chi connectivity index (χ4n) is 10.6. The van der Waals surface area contributed by atoms with E-state index < -0.39 is 7.14 Å². The maximum absolute atomic E-state index is 16.4. The Bertz CT molecular complexity index is 3850. The summed E-state index contributed by atoms with van der Waals surface area (Å²) >= 11 is 0. The molecular formula is C58H36NOP. The number of rotatable bonds is 4. The predicted octanol–water partition coefficient (Wildman–Crippen LogP) is 14.4. The minimum Gasteiger partial charge on any atom is -0.309 e. The van der Waals surface area contributed by atoms with E-state index in [1.165, 1.54) is 65.3 Å². The van der Waals surface area contributed by atoms with Crippen molar-refractivity contribution in [2.75, 3.05) is 0 Å². The fourth-order valence-corrected chi connectivity index (χ4v) is 13.9. The van der Waals surface area contributed by atoms with E-state index >= 15 is 4.57 Å². The van der Waals surface area contributed by atoms with E-state index in [9.17, 15) is 0 Å². The van der Waals surface area contributed by atoms with Crippen LogP contribution in [0.3, 0.4) is 0 Å². The first-order valence-corrected chi connectivity index (χ1v) is 22.7. The summed E-state index contributed by atoms with van der Waals surface area (Å²) in [6, 6.07) is 78.4. The minimum atomic E-state index is -3.31. The molecule has 2 heterocycles. The maximum atomic E-state index is 16.4. The molecule has 0 fully saturated rings. The molecule has 0 bridgehead atoms. The molecule has 1 aromatic heterocycles. The molecule has 0 N–H and O–H groups in total. The van der Waals surface area contributed by atoms with Crippen molar-refractivity contribution < 1.29 is 4.57 Å². The van der Waals surface area contributed by atoms with E-state index in [0.717, 1.165) is 54.5 Å². The van der Waals surface area contributed by atoms with Gasteiger partial charge in [0.1, 0.15) is 0 Å². The van der Waals surface area contributed by atoms with Crippen LogP contribution in [0.5, 0.6) is 0 Å². The van der Waals surface area contributed by atoms with Crippen LogP contribution in [0.15, 0.2) is 218 Å². The van der Waals surface area contributed by atoms with Crippen LogP contribution in [0.1, 0.15) is 0 Å². The first-order valence-electron chi connectivity index (χ1n) is 21.0. The Kier molecular flexibility index (Phi) is 7.32. The highest BCUT2D eigenvalue weighted by Crippen LogP contribution is 2.55. The predicted molar refractivity (Wildman–Crippen MR) is 260 cm³/mol. The molecule has 0 spiro atoms. The van der Waals surface area contributed by atoms with E-state index in [-0.39, 0.29) is 0 Å². The molecule has 0 saturated carbocycles. The molecule has 1 unspecified atom stereocenters. The van der Waals surface area contributed by atoms with Gasteiger partial charge < -0.3 is 9.13 Å². The second-order valence-corrected chi connectivity index (χ2v) is 18.9. The van der Waals surface area contributed by atoms with Crippen molar-refractivity contribution in [1.82, 2.24) is 4.57 Å². The van der Waals surface area contributed by atoms with Crippen LogP contribution < -0.4 is 15.9 Å². The SMILES string of the molecule is O=P1(c2ccccc2)c2ccccc2-c2ccc3c4ccccc4n(-c4ccc5c(-c6cccc7ccccc67)c6ccccc6c(-c6cccc7ccccc67)c5c4)c3c21. The van der Waals surface area contributed by atoms with E-state index in [0.29, 0.717) is 0 Å². The second kappa shape index (κ2) is 13.0. The van der Waals surface area contributed by atoms with Crippen LogP contribution in [0.4, 0.5) is 0 Å². The van der Waals surface area contributed by atoms with Crippen molar-refractivity contribution >= 4 is 88.0 Å². The maximum Gasteiger partial charge on any atom is 0.174 e. The third-order valence-electron chi connectivity index (χ3n) is 13.2. The van der Waals surface area contributed by atoms with Gasteiger partial charge in [0.25, 0.3) is 0 Å². The molecule has 0 amide bonds. The molecule has 0 saturated heterocycles. The van der Waals surface area contributed by atoms with Crippen molar-refractivity contribution in [2.45, 2.75) is 0 Å². The third kappa shape index (κ3) is 4.77. The molecule has 13 rings (SSSR count). The van der Waals surface area contributed by atoms with Gasteiger partial charge in [0.15, 0.2) is 7.14 Å². The number of hydrogen-bond acceptors (Lipinski definition) is 1. The summed E-state index contributed by atoms with van der Waals surface area (Å²) < 4.78 is 18.8. The topological polar surface area (TPSA) is 22.0 Å². The molecule has 1 aliphatic heterocycles. The molecule has 2 nitrogen and oxygen atoms in total. The number of benzene rings is 11. The Labute approximate surface area is 353 Å². The highest BCUT2D eigenvalue weighted by Gasteiger charge is 2.42. The zero-order valence-corrected chi connectivity index (χ0v) is 34.0. The number of fused-ring (bicyclic) bond motifs is 11. The van der Waals surface area contributed by atoms with Gasteiger partial charge in [0, 0.05) is 27.1 Å². The molecule has 0 radical (unpaired) electrons. The zero-order chi connectivity index (χ0) is 40.2. The molecule has 12 aromatic rings. The number of para-hydroxylation sites is 1. The van der Waals surface area contributed by atoms with Crippen LogP contribution in [-0.2, 0) is 4.57 Å². The molecular weight excluding hydrogens is 758 g/mol. The number of aromatic nitrogens is 1.